The van der Waals surface area contributed by atoms with Crippen LogP contribution in [0.3, 0.4) is 0 Å². The summed E-state index contributed by atoms with van der Waals surface area (Å²) in [4.78, 5) is 36.0. The van der Waals surface area contributed by atoms with Crippen molar-refractivity contribution in [3.63, 3.8) is 0 Å². The van der Waals surface area contributed by atoms with Gasteiger partial charge in [-0.15, -0.1) is 0 Å². The SMILES string of the molecule is CCCCCCCCCCCCC(CCCCCCCCCCCC)(C(=O)O)C(C(=O)O)[P+](=O)[O-]. The minimum absolute atomic E-state index is 0.108. The summed E-state index contributed by atoms with van der Waals surface area (Å²) in [5.74, 6) is -2.82. The minimum Gasteiger partial charge on any atom is -0.595 e. The second-order valence-corrected chi connectivity index (χ2v) is 11.4. The summed E-state index contributed by atoms with van der Waals surface area (Å²) >= 11 is 0. The van der Waals surface area contributed by atoms with Gasteiger partial charge < -0.3 is 15.1 Å². The molecule has 0 radical (unpaired) electrons. The van der Waals surface area contributed by atoms with Crippen LogP contribution >= 0.6 is 8.03 Å². The molecule has 0 rings (SSSR count). The monoisotopic (exact) mass is 516 g/mol. The van der Waals surface area contributed by atoms with Gasteiger partial charge in [-0.25, -0.2) is 4.79 Å². The zero-order valence-corrected chi connectivity index (χ0v) is 23.5. The average molecular weight is 517 g/mol. The Labute approximate surface area is 215 Å². The largest absolute Gasteiger partial charge is 0.595 e. The molecular formula is C28H53O6P. The van der Waals surface area contributed by atoms with Gasteiger partial charge in [0.05, 0.1) is 0 Å². The highest BCUT2D eigenvalue weighted by atomic mass is 31.1. The molecular weight excluding hydrogens is 463 g/mol. The van der Waals surface area contributed by atoms with Crippen LogP contribution in [0.4, 0.5) is 0 Å². The Kier molecular flexibility index (Phi) is 21.6. The molecule has 0 amide bonds. The molecule has 2 atom stereocenters. The van der Waals surface area contributed by atoms with E-state index in [1.807, 2.05) is 0 Å². The van der Waals surface area contributed by atoms with Crippen LogP contribution in [0.1, 0.15) is 155 Å². The van der Waals surface area contributed by atoms with Crippen LogP contribution in [0.5, 0.6) is 0 Å². The molecule has 7 heteroatoms. The van der Waals surface area contributed by atoms with Crippen molar-refractivity contribution >= 4 is 20.0 Å². The number of carbonyl (C=O) groups is 2. The van der Waals surface area contributed by atoms with E-state index in [0.717, 1.165) is 51.4 Å². The molecule has 0 saturated heterocycles. The van der Waals surface area contributed by atoms with Crippen molar-refractivity contribution in [3.05, 3.63) is 0 Å². The smallest absolute Gasteiger partial charge is 0.356 e. The molecule has 0 aromatic carbocycles. The van der Waals surface area contributed by atoms with E-state index in [9.17, 15) is 29.3 Å². The molecule has 0 saturated carbocycles. The minimum atomic E-state index is -3.38. The summed E-state index contributed by atoms with van der Waals surface area (Å²) in [6, 6.07) is 0. The summed E-state index contributed by atoms with van der Waals surface area (Å²) in [6.45, 7) is 4.40. The van der Waals surface area contributed by atoms with Crippen LogP contribution in [-0.4, -0.2) is 27.8 Å². The molecule has 0 aliphatic carbocycles. The zero-order valence-electron chi connectivity index (χ0n) is 22.6. The Balaban J connectivity index is 4.65. The maximum atomic E-state index is 12.3. The van der Waals surface area contributed by atoms with Crippen molar-refractivity contribution in [1.82, 2.24) is 0 Å². The van der Waals surface area contributed by atoms with Crippen molar-refractivity contribution in [2.24, 2.45) is 5.41 Å². The van der Waals surface area contributed by atoms with Gasteiger partial charge in [-0.1, -0.05) is 147 Å². The molecule has 2 N–H and O–H groups in total. The molecule has 0 aliphatic rings. The standard InChI is InChI=1S/C28H53O6P/c1-3-5-7-9-11-13-15-17-19-21-23-28(27(31)32,25(26(29)30)35(33)34)24-22-20-18-16-14-12-10-8-6-4-2/h25H,3-24H2,1-2H3,(H,29,30)(H,31,32). The van der Waals surface area contributed by atoms with Crippen molar-refractivity contribution in [1.29, 1.82) is 0 Å². The van der Waals surface area contributed by atoms with Gasteiger partial charge in [0.15, 0.2) is 0 Å². The van der Waals surface area contributed by atoms with Gasteiger partial charge in [0, 0.05) is 0 Å². The van der Waals surface area contributed by atoms with Crippen LogP contribution in [0.2, 0.25) is 0 Å². The Morgan fingerprint density at radius 1 is 0.629 bits per heavy atom. The Bertz CT molecular complexity index is 528. The summed E-state index contributed by atoms with van der Waals surface area (Å²) in [7, 11) is -3.38. The van der Waals surface area contributed by atoms with Crippen LogP contribution in [0.15, 0.2) is 0 Å². The first-order chi connectivity index (χ1) is 16.8. The van der Waals surface area contributed by atoms with Crippen molar-refractivity contribution < 1.29 is 29.3 Å². The summed E-state index contributed by atoms with van der Waals surface area (Å²) < 4.78 is 11.8. The zero-order chi connectivity index (χ0) is 26.4. The fourth-order valence-electron chi connectivity index (χ4n) is 5.11. The molecule has 0 bridgehead atoms. The molecule has 2 unspecified atom stereocenters. The van der Waals surface area contributed by atoms with Gasteiger partial charge >= 0.3 is 20.0 Å². The normalized spacial score (nSPS) is 13.1. The van der Waals surface area contributed by atoms with Crippen LogP contribution in [-0.2, 0) is 14.2 Å². The first-order valence-electron chi connectivity index (χ1n) is 14.4. The highest BCUT2D eigenvalue weighted by Gasteiger charge is 2.56. The van der Waals surface area contributed by atoms with E-state index >= 15 is 0 Å². The number of carboxylic acid groups (broad SMARTS) is 2. The second kappa shape index (κ2) is 22.2. The van der Waals surface area contributed by atoms with E-state index in [1.54, 1.807) is 0 Å². The predicted molar refractivity (Wildman–Crippen MR) is 142 cm³/mol. The van der Waals surface area contributed by atoms with Crippen LogP contribution in [0.25, 0.3) is 0 Å². The average Bonchev–Trinajstić information content (AvgIpc) is 2.80. The maximum Gasteiger partial charge on any atom is 0.356 e. The van der Waals surface area contributed by atoms with Gasteiger partial charge in [0.1, 0.15) is 5.41 Å². The number of rotatable bonds is 26. The topological polar surface area (TPSA) is 115 Å². The molecule has 206 valence electrons. The molecule has 0 aliphatic heterocycles. The third-order valence-electron chi connectivity index (χ3n) is 7.35. The molecule has 35 heavy (non-hydrogen) atoms. The van der Waals surface area contributed by atoms with E-state index < -0.39 is 31.0 Å². The number of aliphatic carboxylic acids is 2. The van der Waals surface area contributed by atoms with E-state index in [0.29, 0.717) is 12.8 Å². The quantitative estimate of drug-likeness (QED) is 0.0883. The summed E-state index contributed by atoms with van der Waals surface area (Å²) in [5, 5.41) is 19.7. The van der Waals surface area contributed by atoms with Crippen LogP contribution < -0.4 is 4.89 Å². The molecule has 0 aromatic rings. The molecule has 0 fully saturated rings. The van der Waals surface area contributed by atoms with Gasteiger partial charge in [0.25, 0.3) is 5.66 Å². The third kappa shape index (κ3) is 15.7. The molecule has 0 heterocycles. The molecule has 0 spiro atoms. The van der Waals surface area contributed by atoms with E-state index in [-0.39, 0.29) is 12.8 Å². The summed E-state index contributed by atoms with van der Waals surface area (Å²) in [6.07, 6.45) is 21.9. The predicted octanol–water partition coefficient (Wildman–Crippen LogP) is 8.24. The van der Waals surface area contributed by atoms with Crippen LogP contribution in [0, 0.1) is 5.41 Å². The lowest BCUT2D eigenvalue weighted by molar-refractivity contribution is -0.177. The van der Waals surface area contributed by atoms with E-state index in [4.69, 9.17) is 0 Å². The molecule has 6 nitrogen and oxygen atoms in total. The first-order valence-corrected chi connectivity index (χ1v) is 15.7. The fraction of sp³-hybridized carbons (Fsp3) is 0.929. The van der Waals surface area contributed by atoms with E-state index in [1.165, 1.54) is 64.2 Å². The lowest BCUT2D eigenvalue weighted by Crippen LogP contribution is -2.46. The number of hydrogen-bond acceptors (Lipinski definition) is 4. The Morgan fingerprint density at radius 2 is 0.914 bits per heavy atom. The van der Waals surface area contributed by atoms with Gasteiger partial charge in [-0.2, -0.15) is 0 Å². The molecule has 0 aromatic heterocycles. The van der Waals surface area contributed by atoms with Crippen molar-refractivity contribution in [2.75, 3.05) is 0 Å². The second-order valence-electron chi connectivity index (χ2n) is 10.4. The number of hydrogen-bond donors (Lipinski definition) is 2. The first kappa shape index (κ1) is 34.0. The maximum absolute atomic E-state index is 12.3. The lowest BCUT2D eigenvalue weighted by atomic mass is 9.74. The van der Waals surface area contributed by atoms with Gasteiger partial charge in [0.2, 0.25) is 0 Å². The van der Waals surface area contributed by atoms with Gasteiger partial charge in [-0.05, 0) is 12.8 Å². The van der Waals surface area contributed by atoms with Crippen molar-refractivity contribution in [3.8, 4) is 0 Å². The Morgan fingerprint density at radius 3 is 1.14 bits per heavy atom. The highest BCUT2D eigenvalue weighted by Crippen LogP contribution is 2.44. The van der Waals surface area contributed by atoms with E-state index in [2.05, 4.69) is 13.8 Å². The summed E-state index contributed by atoms with van der Waals surface area (Å²) in [5.41, 5.74) is -3.60. The van der Waals surface area contributed by atoms with Gasteiger partial charge in [-0.3, -0.25) is 4.79 Å². The fourth-order valence-corrected chi connectivity index (χ4v) is 6.07. The van der Waals surface area contributed by atoms with Crippen molar-refractivity contribution in [2.45, 2.75) is 161 Å². The highest BCUT2D eigenvalue weighted by molar-refractivity contribution is 7.38. The Hall–Kier alpha value is -1.00. The lowest BCUT2D eigenvalue weighted by Gasteiger charge is -2.30. The third-order valence-corrected chi connectivity index (χ3v) is 8.48. The number of unbranched alkanes of at least 4 members (excludes halogenated alkanes) is 18. The number of carboxylic acids is 2.